The van der Waals surface area contributed by atoms with Gasteiger partial charge >= 0.3 is 16.5 Å². The third-order valence-electron chi connectivity index (χ3n) is 3.92. The van der Waals surface area contributed by atoms with Crippen molar-refractivity contribution < 1.29 is 30.6 Å². The van der Waals surface area contributed by atoms with Crippen LogP contribution in [0.4, 0.5) is 13.2 Å². The Bertz CT molecular complexity index is 876. The average Bonchev–Trinajstić information content (AvgIpc) is 2.49. The van der Waals surface area contributed by atoms with E-state index in [2.05, 4.69) is 4.74 Å². The summed E-state index contributed by atoms with van der Waals surface area (Å²) < 4.78 is 70.2. The van der Waals surface area contributed by atoms with Crippen LogP contribution in [0.15, 0.2) is 53.4 Å². The van der Waals surface area contributed by atoms with Crippen LogP contribution in [0.1, 0.15) is 17.0 Å². The molecule has 2 aromatic carbocycles. The van der Waals surface area contributed by atoms with Gasteiger partial charge in [-0.3, -0.25) is 0 Å². The molecular formula is C17H16F3NO4S. The summed E-state index contributed by atoms with van der Waals surface area (Å²) in [5.41, 5.74) is 1.55. The Morgan fingerprint density at radius 2 is 1.73 bits per heavy atom. The lowest BCUT2D eigenvalue weighted by molar-refractivity contribution is -0.274. The highest BCUT2D eigenvalue weighted by atomic mass is 32.2. The van der Waals surface area contributed by atoms with Crippen LogP contribution in [0.25, 0.3) is 0 Å². The van der Waals surface area contributed by atoms with Crippen molar-refractivity contribution in [1.82, 2.24) is 5.06 Å². The Labute approximate surface area is 149 Å². The molecule has 0 N–H and O–H groups in total. The van der Waals surface area contributed by atoms with E-state index in [9.17, 15) is 21.6 Å². The topological polar surface area (TPSA) is 55.8 Å². The van der Waals surface area contributed by atoms with Crippen LogP contribution < -0.4 is 4.74 Å². The number of halogens is 3. The summed E-state index contributed by atoms with van der Waals surface area (Å²) in [6.07, 6.45) is -4.75. The minimum absolute atomic E-state index is 0.0483. The molecule has 1 fully saturated rings. The normalized spacial score (nSPS) is 16.3. The fraction of sp³-hybridized carbons (Fsp3) is 0.294. The summed E-state index contributed by atoms with van der Waals surface area (Å²) in [7, 11) is -3.92. The Kier molecular flexibility index (Phi) is 4.96. The second kappa shape index (κ2) is 6.90. The van der Waals surface area contributed by atoms with Gasteiger partial charge < -0.3 is 4.74 Å². The molecule has 3 rings (SSSR count). The minimum Gasteiger partial charge on any atom is -0.406 e. The number of rotatable bonds is 5. The maximum atomic E-state index is 12.3. The summed E-state index contributed by atoms with van der Waals surface area (Å²) in [6.45, 7) is 2.34. The highest BCUT2D eigenvalue weighted by Gasteiger charge is 2.35. The van der Waals surface area contributed by atoms with E-state index in [-0.39, 0.29) is 29.7 Å². The third kappa shape index (κ3) is 4.54. The Hall–Kier alpha value is -2.10. The molecule has 0 unspecified atom stereocenters. The van der Waals surface area contributed by atoms with Crippen LogP contribution in [0.3, 0.4) is 0 Å². The molecule has 0 spiro atoms. The molecule has 1 saturated heterocycles. The van der Waals surface area contributed by atoms with Gasteiger partial charge in [0.05, 0.1) is 4.90 Å². The first-order valence-electron chi connectivity index (χ1n) is 7.74. The van der Waals surface area contributed by atoms with Crippen LogP contribution >= 0.6 is 0 Å². The van der Waals surface area contributed by atoms with Gasteiger partial charge in [-0.05, 0) is 36.8 Å². The van der Waals surface area contributed by atoms with E-state index in [0.717, 1.165) is 5.56 Å². The van der Waals surface area contributed by atoms with Crippen molar-refractivity contribution in [3.8, 4) is 5.75 Å². The molecule has 0 radical (unpaired) electrons. The minimum atomic E-state index is -4.75. The summed E-state index contributed by atoms with van der Waals surface area (Å²) >= 11 is 0. The third-order valence-corrected chi connectivity index (χ3v) is 5.18. The summed E-state index contributed by atoms with van der Waals surface area (Å²) in [5.74, 6) is -0.443. The number of hydrogen-bond acceptors (Lipinski definition) is 5. The number of nitrogens with zero attached hydrogens (tertiary/aromatic N) is 1. The van der Waals surface area contributed by atoms with E-state index in [4.69, 9.17) is 4.28 Å². The first-order chi connectivity index (χ1) is 12.1. The molecule has 0 aliphatic carbocycles. The lowest BCUT2D eigenvalue weighted by Gasteiger charge is -2.37. The zero-order valence-corrected chi connectivity index (χ0v) is 14.5. The molecule has 0 amide bonds. The van der Waals surface area contributed by atoms with Gasteiger partial charge in [0.1, 0.15) is 5.75 Å². The van der Waals surface area contributed by atoms with Gasteiger partial charge in [-0.1, -0.05) is 29.8 Å². The van der Waals surface area contributed by atoms with Crippen molar-refractivity contribution in [3.63, 3.8) is 0 Å². The molecule has 0 bridgehead atoms. The van der Waals surface area contributed by atoms with E-state index in [1.807, 2.05) is 6.92 Å². The number of alkyl halides is 3. The Balaban J connectivity index is 1.61. The lowest BCUT2D eigenvalue weighted by Crippen LogP contribution is -2.45. The largest absolute Gasteiger partial charge is 0.573 e. The number of hydrogen-bond donors (Lipinski definition) is 0. The highest BCUT2D eigenvalue weighted by Crippen LogP contribution is 2.32. The van der Waals surface area contributed by atoms with Crippen LogP contribution in [0.5, 0.6) is 5.75 Å². The zero-order valence-electron chi connectivity index (χ0n) is 13.7. The maximum absolute atomic E-state index is 12.3. The van der Waals surface area contributed by atoms with Crippen molar-refractivity contribution in [1.29, 1.82) is 0 Å². The molecule has 0 aromatic heterocycles. The first-order valence-corrected chi connectivity index (χ1v) is 9.15. The van der Waals surface area contributed by atoms with Crippen LogP contribution in [-0.2, 0) is 14.4 Å². The van der Waals surface area contributed by atoms with Gasteiger partial charge in [0, 0.05) is 19.0 Å². The molecule has 140 valence electrons. The van der Waals surface area contributed by atoms with E-state index in [0.29, 0.717) is 5.56 Å². The first kappa shape index (κ1) is 18.7. The predicted octanol–water partition coefficient (Wildman–Crippen LogP) is 3.61. The van der Waals surface area contributed by atoms with Crippen molar-refractivity contribution in [2.45, 2.75) is 24.1 Å². The molecule has 1 heterocycles. The quantitative estimate of drug-likeness (QED) is 0.785. The number of aryl methyl sites for hydroxylation is 1. The van der Waals surface area contributed by atoms with E-state index in [1.165, 1.54) is 35.4 Å². The molecule has 9 heteroatoms. The molecule has 0 atom stereocenters. The van der Waals surface area contributed by atoms with Crippen molar-refractivity contribution in [2.24, 2.45) is 0 Å². The number of hydroxylamine groups is 2. The Morgan fingerprint density at radius 3 is 2.35 bits per heavy atom. The molecule has 2 aromatic rings. The van der Waals surface area contributed by atoms with Gasteiger partial charge in [0.15, 0.2) is 0 Å². The van der Waals surface area contributed by atoms with E-state index in [1.54, 1.807) is 18.2 Å². The smallest absolute Gasteiger partial charge is 0.406 e. The second-order valence-corrected chi connectivity index (χ2v) is 7.53. The lowest BCUT2D eigenvalue weighted by atomic mass is 9.93. The average molecular weight is 387 g/mol. The number of ether oxygens (including phenoxy) is 1. The monoisotopic (exact) mass is 387 g/mol. The van der Waals surface area contributed by atoms with Crippen molar-refractivity contribution >= 4 is 10.1 Å². The summed E-state index contributed by atoms with van der Waals surface area (Å²) in [5, 5.41) is 1.26. The van der Waals surface area contributed by atoms with Crippen LogP contribution in [-0.4, -0.2) is 32.9 Å². The predicted molar refractivity (Wildman–Crippen MR) is 86.9 cm³/mol. The zero-order chi connectivity index (χ0) is 18.9. The standard InChI is InChI=1S/C17H16F3NO4S/c1-12-5-7-16(8-6-12)26(22,23)25-21-10-14(11-21)13-3-2-4-15(9-13)24-17(18,19)20/h2-9,14H,10-11H2,1H3. The summed E-state index contributed by atoms with van der Waals surface area (Å²) in [6, 6.07) is 11.9. The van der Waals surface area contributed by atoms with Crippen LogP contribution in [0, 0.1) is 6.92 Å². The van der Waals surface area contributed by atoms with Gasteiger partial charge in [-0.25, -0.2) is 0 Å². The molecule has 1 aliphatic heterocycles. The van der Waals surface area contributed by atoms with Gasteiger partial charge in [0.2, 0.25) is 0 Å². The molecule has 1 aliphatic rings. The van der Waals surface area contributed by atoms with Gasteiger partial charge in [-0.2, -0.15) is 17.8 Å². The van der Waals surface area contributed by atoms with Crippen molar-refractivity contribution in [2.75, 3.05) is 13.1 Å². The molecule has 26 heavy (non-hydrogen) atoms. The van der Waals surface area contributed by atoms with Crippen LogP contribution in [0.2, 0.25) is 0 Å². The SMILES string of the molecule is Cc1ccc(S(=O)(=O)ON2CC(c3cccc(OC(F)(F)F)c3)C2)cc1. The number of benzene rings is 2. The maximum Gasteiger partial charge on any atom is 0.573 e. The fourth-order valence-electron chi connectivity index (χ4n) is 2.56. The molecular weight excluding hydrogens is 371 g/mol. The summed E-state index contributed by atoms with van der Waals surface area (Å²) in [4.78, 5) is 0.0483. The van der Waals surface area contributed by atoms with Gasteiger partial charge in [0.25, 0.3) is 0 Å². The molecule has 5 nitrogen and oxygen atoms in total. The van der Waals surface area contributed by atoms with E-state index >= 15 is 0 Å². The highest BCUT2D eigenvalue weighted by molar-refractivity contribution is 7.86. The van der Waals surface area contributed by atoms with Gasteiger partial charge in [-0.15, -0.1) is 13.2 Å². The van der Waals surface area contributed by atoms with E-state index < -0.39 is 16.5 Å². The fourth-order valence-corrected chi connectivity index (χ4v) is 3.52. The molecule has 0 saturated carbocycles. The second-order valence-electron chi connectivity index (χ2n) is 6.01. The van der Waals surface area contributed by atoms with Crippen molar-refractivity contribution in [3.05, 3.63) is 59.7 Å². The Morgan fingerprint density at radius 1 is 1.08 bits per heavy atom.